The average Bonchev–Trinajstić information content (AvgIpc) is 2.91. The van der Waals surface area contributed by atoms with Crippen LogP contribution < -0.4 is 10.1 Å². The predicted molar refractivity (Wildman–Crippen MR) is 106 cm³/mol. The lowest BCUT2D eigenvalue weighted by molar-refractivity contribution is 0.0933. The molecule has 0 heterocycles. The Morgan fingerprint density at radius 2 is 1.77 bits per heavy atom. The number of benzene rings is 2. The topological polar surface area (TPSA) is 38.3 Å². The molecule has 0 saturated heterocycles. The highest BCUT2D eigenvalue weighted by Gasteiger charge is 2.16. The Kier molecular flexibility index (Phi) is 6.81. The van der Waals surface area contributed by atoms with Crippen molar-refractivity contribution in [1.29, 1.82) is 0 Å². The number of carbonyl (C=O) groups is 1. The fraction of sp³-hybridized carbons (Fsp3) is 0.381. The molecule has 0 unspecified atom stereocenters. The van der Waals surface area contributed by atoms with E-state index in [0.29, 0.717) is 28.0 Å². The minimum atomic E-state index is -0.0307. The minimum absolute atomic E-state index is 0.0307. The van der Waals surface area contributed by atoms with Crippen LogP contribution in [-0.2, 0) is 6.61 Å². The Morgan fingerprint density at radius 1 is 1.00 bits per heavy atom. The fourth-order valence-corrected chi connectivity index (χ4v) is 3.54. The van der Waals surface area contributed by atoms with Gasteiger partial charge in [-0.15, -0.1) is 0 Å². The summed E-state index contributed by atoms with van der Waals surface area (Å²) in [4.78, 5) is 12.5. The van der Waals surface area contributed by atoms with Gasteiger partial charge in [-0.1, -0.05) is 61.0 Å². The van der Waals surface area contributed by atoms with Crippen LogP contribution in [0.3, 0.4) is 0 Å². The van der Waals surface area contributed by atoms with Gasteiger partial charge >= 0.3 is 0 Å². The van der Waals surface area contributed by atoms with Crippen molar-refractivity contribution in [3.8, 4) is 5.75 Å². The van der Waals surface area contributed by atoms with E-state index in [9.17, 15) is 4.79 Å². The van der Waals surface area contributed by atoms with Crippen LogP contribution in [0.2, 0.25) is 10.0 Å². The Bertz CT molecular complexity index is 755. The Morgan fingerprint density at radius 3 is 2.50 bits per heavy atom. The summed E-state index contributed by atoms with van der Waals surface area (Å²) in [5, 5.41) is 4.19. The average molecular weight is 392 g/mol. The maximum absolute atomic E-state index is 12.5. The number of nitrogens with one attached hydrogen (secondary N) is 1. The summed E-state index contributed by atoms with van der Waals surface area (Å²) in [5.41, 5.74) is 1.55. The molecule has 2 aromatic carbocycles. The molecule has 0 spiro atoms. The van der Waals surface area contributed by atoms with Crippen molar-refractivity contribution in [2.45, 2.75) is 51.2 Å². The second kappa shape index (κ2) is 9.29. The van der Waals surface area contributed by atoms with Crippen LogP contribution in [0.1, 0.15) is 54.4 Å². The van der Waals surface area contributed by atoms with Crippen LogP contribution in [0, 0.1) is 0 Å². The molecule has 3 nitrogen and oxygen atoms in total. The van der Waals surface area contributed by atoms with Gasteiger partial charge in [0.05, 0.1) is 10.0 Å². The van der Waals surface area contributed by atoms with Crippen molar-refractivity contribution < 1.29 is 9.53 Å². The summed E-state index contributed by atoms with van der Waals surface area (Å²) in [6, 6.07) is 13.0. The highest BCUT2D eigenvalue weighted by molar-refractivity contribution is 6.42. The molecule has 0 aromatic heterocycles. The molecule has 0 aliphatic heterocycles. The van der Waals surface area contributed by atoms with Gasteiger partial charge in [0.25, 0.3) is 5.91 Å². The summed E-state index contributed by atoms with van der Waals surface area (Å²) in [6.45, 7) is 0.366. The zero-order valence-corrected chi connectivity index (χ0v) is 16.2. The van der Waals surface area contributed by atoms with E-state index in [4.69, 9.17) is 27.9 Å². The van der Waals surface area contributed by atoms with Crippen LogP contribution >= 0.6 is 23.2 Å². The number of hydrogen-bond acceptors (Lipinski definition) is 2. The molecule has 1 fully saturated rings. The summed E-state index contributed by atoms with van der Waals surface area (Å²) < 4.78 is 5.81. The largest absolute Gasteiger partial charge is 0.489 e. The first-order chi connectivity index (χ1) is 12.6. The van der Waals surface area contributed by atoms with Gasteiger partial charge in [-0.3, -0.25) is 4.79 Å². The lowest BCUT2D eigenvalue weighted by Gasteiger charge is -2.16. The van der Waals surface area contributed by atoms with E-state index in [-0.39, 0.29) is 11.9 Å². The van der Waals surface area contributed by atoms with Crippen molar-refractivity contribution in [2.24, 2.45) is 0 Å². The Hall–Kier alpha value is -1.71. The lowest BCUT2D eigenvalue weighted by atomic mass is 10.1. The monoisotopic (exact) mass is 391 g/mol. The van der Waals surface area contributed by atoms with Gasteiger partial charge in [-0.05, 0) is 48.7 Å². The maximum Gasteiger partial charge on any atom is 0.251 e. The molecule has 1 saturated carbocycles. The van der Waals surface area contributed by atoms with Crippen LogP contribution in [0.15, 0.2) is 42.5 Å². The standard InChI is InChI=1S/C21H23Cl2NO2/c22-19-11-10-15(12-20(19)23)14-26-18-9-5-6-16(13-18)21(25)24-17-7-3-1-2-4-8-17/h5-6,9-13,17H,1-4,7-8,14H2,(H,24,25). The molecule has 1 N–H and O–H groups in total. The quantitative estimate of drug-likeness (QED) is 0.632. The number of carbonyl (C=O) groups excluding carboxylic acids is 1. The molecule has 5 heteroatoms. The van der Waals surface area contributed by atoms with Gasteiger partial charge in [-0.25, -0.2) is 0 Å². The first kappa shape index (κ1) is 19.1. The molecular weight excluding hydrogens is 369 g/mol. The summed E-state index contributed by atoms with van der Waals surface area (Å²) >= 11 is 12.0. The Balaban J connectivity index is 1.59. The highest BCUT2D eigenvalue weighted by atomic mass is 35.5. The van der Waals surface area contributed by atoms with E-state index in [0.717, 1.165) is 18.4 Å². The molecule has 0 atom stereocenters. The van der Waals surface area contributed by atoms with E-state index in [2.05, 4.69) is 5.32 Å². The summed E-state index contributed by atoms with van der Waals surface area (Å²) in [6.07, 6.45) is 7.06. The summed E-state index contributed by atoms with van der Waals surface area (Å²) in [5.74, 6) is 0.626. The lowest BCUT2D eigenvalue weighted by Crippen LogP contribution is -2.34. The molecule has 0 radical (unpaired) electrons. The smallest absolute Gasteiger partial charge is 0.251 e. The van der Waals surface area contributed by atoms with Crippen molar-refractivity contribution >= 4 is 29.1 Å². The predicted octanol–water partition coefficient (Wildman–Crippen LogP) is 6.03. The van der Waals surface area contributed by atoms with Crippen LogP contribution in [0.5, 0.6) is 5.75 Å². The van der Waals surface area contributed by atoms with Crippen molar-refractivity contribution in [2.75, 3.05) is 0 Å². The first-order valence-electron chi connectivity index (χ1n) is 9.09. The van der Waals surface area contributed by atoms with Crippen molar-refractivity contribution in [3.63, 3.8) is 0 Å². The number of hydrogen-bond donors (Lipinski definition) is 1. The van der Waals surface area contributed by atoms with E-state index >= 15 is 0 Å². The molecule has 2 aromatic rings. The third-order valence-corrected chi connectivity index (χ3v) is 5.42. The third kappa shape index (κ3) is 5.39. The molecule has 1 amide bonds. The first-order valence-corrected chi connectivity index (χ1v) is 9.85. The number of halogens is 2. The van der Waals surface area contributed by atoms with Crippen LogP contribution in [0.4, 0.5) is 0 Å². The van der Waals surface area contributed by atoms with Gasteiger partial charge in [-0.2, -0.15) is 0 Å². The summed E-state index contributed by atoms with van der Waals surface area (Å²) in [7, 11) is 0. The molecule has 26 heavy (non-hydrogen) atoms. The van der Waals surface area contributed by atoms with E-state index < -0.39 is 0 Å². The molecule has 3 rings (SSSR count). The van der Waals surface area contributed by atoms with Gasteiger partial charge in [0, 0.05) is 11.6 Å². The van der Waals surface area contributed by atoms with E-state index in [1.54, 1.807) is 18.2 Å². The normalized spacial score (nSPS) is 15.3. The molecular formula is C21H23Cl2NO2. The molecule has 1 aliphatic carbocycles. The number of amides is 1. The van der Waals surface area contributed by atoms with Crippen molar-refractivity contribution in [3.05, 3.63) is 63.6 Å². The Labute approximate surface area is 164 Å². The van der Waals surface area contributed by atoms with Gasteiger partial charge < -0.3 is 10.1 Å². The second-order valence-electron chi connectivity index (χ2n) is 6.73. The third-order valence-electron chi connectivity index (χ3n) is 4.68. The van der Waals surface area contributed by atoms with Gasteiger partial charge in [0.15, 0.2) is 0 Å². The maximum atomic E-state index is 12.5. The molecule has 1 aliphatic rings. The zero-order chi connectivity index (χ0) is 18.4. The molecule has 138 valence electrons. The van der Waals surface area contributed by atoms with Gasteiger partial charge in [0.1, 0.15) is 12.4 Å². The number of ether oxygens (including phenoxy) is 1. The van der Waals surface area contributed by atoms with Crippen molar-refractivity contribution in [1.82, 2.24) is 5.32 Å². The second-order valence-corrected chi connectivity index (χ2v) is 7.54. The zero-order valence-electron chi connectivity index (χ0n) is 14.6. The highest BCUT2D eigenvalue weighted by Crippen LogP contribution is 2.24. The van der Waals surface area contributed by atoms with Crippen LogP contribution in [0.25, 0.3) is 0 Å². The van der Waals surface area contributed by atoms with Gasteiger partial charge in [0.2, 0.25) is 0 Å². The van der Waals surface area contributed by atoms with E-state index in [1.807, 2.05) is 24.3 Å². The SMILES string of the molecule is O=C(NC1CCCCCC1)c1cccc(OCc2ccc(Cl)c(Cl)c2)c1. The fourth-order valence-electron chi connectivity index (χ4n) is 3.22. The molecule has 0 bridgehead atoms. The number of rotatable bonds is 5. The van der Waals surface area contributed by atoms with Crippen LogP contribution in [-0.4, -0.2) is 11.9 Å². The van der Waals surface area contributed by atoms with E-state index in [1.165, 1.54) is 25.7 Å². The minimum Gasteiger partial charge on any atom is -0.489 e.